The fraction of sp³-hybridized carbons (Fsp3) is 0.857. The third-order valence-electron chi connectivity index (χ3n) is 6.49. The number of aliphatic carboxylic acids is 2. The van der Waals surface area contributed by atoms with Crippen molar-refractivity contribution in [3.63, 3.8) is 0 Å². The summed E-state index contributed by atoms with van der Waals surface area (Å²) < 4.78 is 0. The second-order valence-corrected chi connectivity index (χ2v) is 12.9. The largest absolute Gasteiger partial charge is 0.481 e. The number of carboxylic acids is 2. The number of carbonyl (C=O) groups is 4. The van der Waals surface area contributed by atoms with Gasteiger partial charge in [-0.3, -0.25) is 19.2 Å². The molecule has 0 rings (SSSR count). The van der Waals surface area contributed by atoms with Crippen LogP contribution in [0.2, 0.25) is 0 Å². The highest BCUT2D eigenvalue weighted by molar-refractivity contribution is 8.76. The molecule has 2 atom stereocenters. The molecule has 12 heteroatoms. The topological polar surface area (TPSA) is 185 Å². The van der Waals surface area contributed by atoms with Crippen molar-refractivity contribution in [2.45, 2.75) is 128 Å². The predicted molar refractivity (Wildman–Crippen MR) is 165 cm³/mol. The zero-order valence-electron chi connectivity index (χ0n) is 24.2. The van der Waals surface area contributed by atoms with Crippen LogP contribution in [-0.4, -0.2) is 70.6 Å². The van der Waals surface area contributed by atoms with Crippen molar-refractivity contribution in [3.05, 3.63) is 0 Å². The Morgan fingerprint density at radius 2 is 0.775 bits per heavy atom. The lowest BCUT2D eigenvalue weighted by molar-refractivity contribution is -0.138. The highest BCUT2D eigenvalue weighted by atomic mass is 33.1. The standard InChI is InChI=1S/C28H54N4O6S2/c29-23(27(37)31-19-15-11-7-3-1-5-9-13-17-25(33)34)21-39-40-22-24(30)28(38)32-20-16-12-8-4-2-6-10-14-18-26(35)36/h23-24H,1-22,29-30H2,(H,31,37)(H,32,38)(H,33,34)(H,35,36). The Balaban J connectivity index is 3.56. The molecule has 0 aromatic heterocycles. The summed E-state index contributed by atoms with van der Waals surface area (Å²) in [6, 6.07) is -1.20. The van der Waals surface area contributed by atoms with E-state index < -0.39 is 24.0 Å². The summed E-state index contributed by atoms with van der Waals surface area (Å²) in [5.74, 6) is -0.867. The second-order valence-electron chi connectivity index (χ2n) is 10.3. The lowest BCUT2D eigenvalue weighted by Gasteiger charge is -2.14. The maximum atomic E-state index is 12.1. The van der Waals surface area contributed by atoms with Crippen molar-refractivity contribution in [2.24, 2.45) is 11.5 Å². The number of rotatable bonds is 29. The number of unbranched alkanes of at least 4 members (excludes halogenated alkanes) is 14. The first-order chi connectivity index (χ1) is 19.2. The number of hydrogen-bond acceptors (Lipinski definition) is 8. The van der Waals surface area contributed by atoms with Crippen LogP contribution in [-0.2, 0) is 19.2 Å². The number of hydrogen-bond donors (Lipinski definition) is 6. The van der Waals surface area contributed by atoms with Gasteiger partial charge in [-0.2, -0.15) is 0 Å². The van der Waals surface area contributed by atoms with Crippen molar-refractivity contribution in [1.82, 2.24) is 10.6 Å². The van der Waals surface area contributed by atoms with Crippen molar-refractivity contribution in [1.29, 1.82) is 0 Å². The molecule has 10 nitrogen and oxygen atoms in total. The molecule has 0 radical (unpaired) electrons. The van der Waals surface area contributed by atoms with E-state index in [1.165, 1.54) is 21.6 Å². The summed E-state index contributed by atoms with van der Waals surface area (Å²) in [6.45, 7) is 1.23. The van der Waals surface area contributed by atoms with Gasteiger partial charge < -0.3 is 32.3 Å². The van der Waals surface area contributed by atoms with E-state index in [4.69, 9.17) is 21.7 Å². The van der Waals surface area contributed by atoms with Gasteiger partial charge in [0.2, 0.25) is 11.8 Å². The number of carboxylic acid groups (broad SMARTS) is 2. The summed E-state index contributed by atoms with van der Waals surface area (Å²) in [5.41, 5.74) is 11.9. The highest BCUT2D eigenvalue weighted by Gasteiger charge is 2.16. The van der Waals surface area contributed by atoms with E-state index in [1.54, 1.807) is 0 Å². The van der Waals surface area contributed by atoms with Crippen LogP contribution < -0.4 is 22.1 Å². The summed E-state index contributed by atoms with van der Waals surface area (Å²) in [6.07, 6.45) is 16.8. The molecular formula is C28H54N4O6S2. The van der Waals surface area contributed by atoms with E-state index in [-0.39, 0.29) is 24.7 Å². The lowest BCUT2D eigenvalue weighted by atomic mass is 10.1. The molecule has 40 heavy (non-hydrogen) atoms. The second kappa shape index (κ2) is 27.7. The zero-order valence-corrected chi connectivity index (χ0v) is 25.8. The minimum absolute atomic E-state index is 0.160. The normalized spacial score (nSPS) is 12.6. The summed E-state index contributed by atoms with van der Waals surface area (Å²) in [7, 11) is 2.90. The molecule has 2 amide bonds. The average Bonchev–Trinajstić information content (AvgIpc) is 2.91. The number of carbonyl (C=O) groups excluding carboxylic acids is 2. The number of amides is 2. The third-order valence-corrected chi connectivity index (χ3v) is 8.96. The van der Waals surface area contributed by atoms with Gasteiger partial charge in [-0.1, -0.05) is 98.6 Å². The van der Waals surface area contributed by atoms with E-state index in [0.717, 1.165) is 103 Å². The molecule has 0 saturated carbocycles. The van der Waals surface area contributed by atoms with Gasteiger partial charge in [0.05, 0.1) is 12.1 Å². The summed E-state index contributed by atoms with van der Waals surface area (Å²) in [5, 5.41) is 23.0. The predicted octanol–water partition coefficient (Wildman–Crippen LogP) is 4.45. The van der Waals surface area contributed by atoms with Crippen molar-refractivity contribution < 1.29 is 29.4 Å². The van der Waals surface area contributed by atoms with E-state index >= 15 is 0 Å². The zero-order chi connectivity index (χ0) is 29.8. The lowest BCUT2D eigenvalue weighted by Crippen LogP contribution is -2.43. The highest BCUT2D eigenvalue weighted by Crippen LogP contribution is 2.22. The molecule has 0 aliphatic rings. The molecule has 2 unspecified atom stereocenters. The third kappa shape index (κ3) is 26.7. The molecule has 0 saturated heterocycles. The van der Waals surface area contributed by atoms with Gasteiger partial charge in [-0.15, -0.1) is 0 Å². The van der Waals surface area contributed by atoms with E-state index in [2.05, 4.69) is 10.6 Å². The number of nitrogens with two attached hydrogens (primary N) is 2. The molecule has 8 N–H and O–H groups in total. The monoisotopic (exact) mass is 606 g/mol. The fourth-order valence-corrected chi connectivity index (χ4v) is 6.25. The van der Waals surface area contributed by atoms with Crippen molar-refractivity contribution in [2.75, 3.05) is 24.6 Å². The van der Waals surface area contributed by atoms with Crippen LogP contribution in [0.25, 0.3) is 0 Å². The Hall–Kier alpha value is -1.50. The molecular weight excluding hydrogens is 552 g/mol. The summed E-state index contributed by atoms with van der Waals surface area (Å²) in [4.78, 5) is 45.2. The van der Waals surface area contributed by atoms with Gasteiger partial charge in [0.15, 0.2) is 0 Å². The first-order valence-electron chi connectivity index (χ1n) is 15.0. The maximum Gasteiger partial charge on any atom is 0.303 e. The smallest absolute Gasteiger partial charge is 0.303 e. The van der Waals surface area contributed by atoms with Gasteiger partial charge in [0.25, 0.3) is 0 Å². The van der Waals surface area contributed by atoms with Gasteiger partial charge in [0.1, 0.15) is 0 Å². The van der Waals surface area contributed by atoms with Crippen LogP contribution in [0.5, 0.6) is 0 Å². The molecule has 0 aromatic carbocycles. The maximum absolute atomic E-state index is 12.1. The van der Waals surface area contributed by atoms with E-state index in [0.29, 0.717) is 24.6 Å². The van der Waals surface area contributed by atoms with Crippen LogP contribution >= 0.6 is 21.6 Å². The Bertz CT molecular complexity index is 631. The molecule has 0 fully saturated rings. The molecule has 0 aromatic rings. The van der Waals surface area contributed by atoms with Crippen LogP contribution in [0.1, 0.15) is 116 Å². The molecule has 234 valence electrons. The van der Waals surface area contributed by atoms with Gasteiger partial charge in [-0.05, 0) is 25.7 Å². The Kier molecular flexibility index (Phi) is 26.6. The summed E-state index contributed by atoms with van der Waals surface area (Å²) >= 11 is 0. The van der Waals surface area contributed by atoms with Crippen LogP contribution in [0.3, 0.4) is 0 Å². The van der Waals surface area contributed by atoms with Crippen LogP contribution in [0.4, 0.5) is 0 Å². The Morgan fingerprint density at radius 3 is 1.07 bits per heavy atom. The quantitative estimate of drug-likeness (QED) is 0.0525. The van der Waals surface area contributed by atoms with Crippen LogP contribution in [0, 0.1) is 0 Å². The molecule has 0 spiro atoms. The van der Waals surface area contributed by atoms with Gasteiger partial charge in [-0.25, -0.2) is 0 Å². The first kappa shape index (κ1) is 38.5. The van der Waals surface area contributed by atoms with Crippen LogP contribution in [0.15, 0.2) is 0 Å². The minimum atomic E-state index is -0.724. The first-order valence-corrected chi connectivity index (χ1v) is 17.5. The van der Waals surface area contributed by atoms with Gasteiger partial charge >= 0.3 is 11.9 Å². The van der Waals surface area contributed by atoms with Gasteiger partial charge in [0, 0.05) is 37.4 Å². The molecule has 0 aliphatic heterocycles. The Labute approximate surface area is 248 Å². The fourth-order valence-electron chi connectivity index (χ4n) is 4.00. The molecule has 0 heterocycles. The minimum Gasteiger partial charge on any atom is -0.481 e. The average molecular weight is 607 g/mol. The molecule has 0 aliphatic carbocycles. The SMILES string of the molecule is NC(CSSCC(N)C(=O)NCCCCCCCCCCC(=O)O)C(=O)NCCCCCCCCCCC(=O)O. The number of nitrogens with one attached hydrogen (secondary N) is 2. The van der Waals surface area contributed by atoms with Crippen molar-refractivity contribution >= 4 is 45.3 Å². The van der Waals surface area contributed by atoms with E-state index in [9.17, 15) is 19.2 Å². The van der Waals surface area contributed by atoms with E-state index in [1.807, 2.05) is 0 Å². The Morgan fingerprint density at radius 1 is 0.500 bits per heavy atom. The van der Waals surface area contributed by atoms with Crippen molar-refractivity contribution in [3.8, 4) is 0 Å². The molecule has 0 bridgehead atoms.